The van der Waals surface area contributed by atoms with E-state index in [1.807, 2.05) is 49.4 Å². The van der Waals surface area contributed by atoms with Crippen molar-refractivity contribution in [3.63, 3.8) is 0 Å². The van der Waals surface area contributed by atoms with E-state index < -0.39 is 11.6 Å². The summed E-state index contributed by atoms with van der Waals surface area (Å²) in [6.45, 7) is 6.52. The summed E-state index contributed by atoms with van der Waals surface area (Å²) in [6, 6.07) is 14.7. The first-order valence-electron chi connectivity index (χ1n) is 10.2. The van der Waals surface area contributed by atoms with Crippen molar-refractivity contribution < 1.29 is 19.4 Å². The Morgan fingerprint density at radius 3 is 2.81 bits per heavy atom. The summed E-state index contributed by atoms with van der Waals surface area (Å²) in [5.74, 6) is 0.883. The van der Waals surface area contributed by atoms with Gasteiger partial charge in [-0.3, -0.25) is 4.79 Å². The Kier molecular flexibility index (Phi) is 7.71. The summed E-state index contributed by atoms with van der Waals surface area (Å²) in [6.07, 6.45) is 2.15. The van der Waals surface area contributed by atoms with Gasteiger partial charge in [0.05, 0.1) is 6.61 Å². The van der Waals surface area contributed by atoms with Gasteiger partial charge in [0, 0.05) is 36.6 Å². The molecule has 2 aromatic rings. The molecule has 31 heavy (non-hydrogen) atoms. The Bertz CT molecular complexity index is 945. The first-order valence-corrected chi connectivity index (χ1v) is 10.6. The van der Waals surface area contributed by atoms with Gasteiger partial charge in [0.25, 0.3) is 5.91 Å². The number of aliphatic hydroxyl groups is 1. The SMILES string of the molecule is C=CC[C@@]1(C(=O)NCc2cccc(Cl)c2)N=C(c2ccc(OCCCO)cc2)O[C@@H]1C. The van der Waals surface area contributed by atoms with Gasteiger partial charge in [-0.25, -0.2) is 4.99 Å². The molecule has 7 heteroatoms. The Morgan fingerprint density at radius 2 is 2.13 bits per heavy atom. The van der Waals surface area contributed by atoms with E-state index in [-0.39, 0.29) is 12.5 Å². The maximum Gasteiger partial charge on any atom is 0.252 e. The number of hydrogen-bond donors (Lipinski definition) is 2. The molecule has 1 heterocycles. The molecule has 1 aliphatic heterocycles. The van der Waals surface area contributed by atoms with Gasteiger partial charge >= 0.3 is 0 Å². The molecule has 6 nitrogen and oxygen atoms in total. The van der Waals surface area contributed by atoms with Gasteiger partial charge in [-0.1, -0.05) is 29.8 Å². The molecule has 164 valence electrons. The third kappa shape index (κ3) is 5.46. The quantitative estimate of drug-likeness (QED) is 0.432. The molecule has 2 aromatic carbocycles. The van der Waals surface area contributed by atoms with E-state index in [1.165, 1.54) is 0 Å². The zero-order chi connectivity index (χ0) is 22.3. The second kappa shape index (κ2) is 10.5. The molecule has 3 rings (SSSR count). The first kappa shape index (κ1) is 22.8. The van der Waals surface area contributed by atoms with E-state index in [2.05, 4.69) is 11.9 Å². The lowest BCUT2D eigenvalue weighted by Gasteiger charge is -2.26. The zero-order valence-electron chi connectivity index (χ0n) is 17.5. The molecule has 0 bridgehead atoms. The molecule has 0 saturated carbocycles. The van der Waals surface area contributed by atoms with Crippen molar-refractivity contribution in [3.05, 3.63) is 77.3 Å². The molecule has 1 amide bonds. The van der Waals surface area contributed by atoms with Gasteiger partial charge in [0.1, 0.15) is 11.9 Å². The van der Waals surface area contributed by atoms with Gasteiger partial charge in [-0.15, -0.1) is 6.58 Å². The molecule has 1 aliphatic rings. The first-order chi connectivity index (χ1) is 15.0. The van der Waals surface area contributed by atoms with Gasteiger partial charge in [0.2, 0.25) is 5.90 Å². The maximum atomic E-state index is 13.2. The van der Waals surface area contributed by atoms with Crippen molar-refractivity contribution in [1.82, 2.24) is 5.32 Å². The van der Waals surface area contributed by atoms with Crippen LogP contribution in [0.2, 0.25) is 5.02 Å². The van der Waals surface area contributed by atoms with Crippen LogP contribution in [0.5, 0.6) is 5.75 Å². The number of benzene rings is 2. The number of halogens is 1. The van der Waals surface area contributed by atoms with Crippen LogP contribution < -0.4 is 10.1 Å². The fraction of sp³-hybridized carbons (Fsp3) is 0.333. The minimum atomic E-state index is -1.09. The van der Waals surface area contributed by atoms with E-state index in [9.17, 15) is 4.79 Å². The molecule has 0 unspecified atom stereocenters. The predicted molar refractivity (Wildman–Crippen MR) is 122 cm³/mol. The van der Waals surface area contributed by atoms with Crippen LogP contribution in [0.25, 0.3) is 0 Å². The van der Waals surface area contributed by atoms with E-state index in [0.717, 1.165) is 11.1 Å². The number of amides is 1. The van der Waals surface area contributed by atoms with Gasteiger partial charge in [-0.05, 0) is 48.9 Å². The van der Waals surface area contributed by atoms with Crippen molar-refractivity contribution in [3.8, 4) is 5.75 Å². The minimum Gasteiger partial charge on any atom is -0.494 e. The lowest BCUT2D eigenvalue weighted by Crippen LogP contribution is -2.50. The van der Waals surface area contributed by atoms with E-state index >= 15 is 0 Å². The standard InChI is InChI=1S/C24H27ClN2O4/c1-3-12-24(23(29)26-16-18-6-4-7-20(25)15-18)17(2)31-22(27-24)19-8-10-21(11-9-19)30-14-5-13-28/h3-4,6-11,15,17,28H,1,5,12-14,16H2,2H3,(H,26,29)/t17-,24-/m1/s1. The monoisotopic (exact) mass is 442 g/mol. The Hall–Kier alpha value is -2.83. The molecule has 0 aromatic heterocycles. The summed E-state index contributed by atoms with van der Waals surface area (Å²) in [4.78, 5) is 17.9. The average molecular weight is 443 g/mol. The number of aliphatic hydroxyl groups excluding tert-OH is 1. The summed E-state index contributed by atoms with van der Waals surface area (Å²) in [5.41, 5.74) is 0.573. The van der Waals surface area contributed by atoms with Crippen LogP contribution in [0.3, 0.4) is 0 Å². The van der Waals surface area contributed by atoms with Crippen LogP contribution >= 0.6 is 11.6 Å². The highest BCUT2D eigenvalue weighted by Crippen LogP contribution is 2.32. The summed E-state index contributed by atoms with van der Waals surface area (Å²) < 4.78 is 11.6. The number of rotatable bonds is 10. The fourth-order valence-corrected chi connectivity index (χ4v) is 3.60. The lowest BCUT2D eigenvalue weighted by atomic mass is 9.89. The highest BCUT2D eigenvalue weighted by molar-refractivity contribution is 6.30. The number of aliphatic imine (C=N–C) groups is 1. The van der Waals surface area contributed by atoms with Crippen LogP contribution in [-0.2, 0) is 16.1 Å². The second-order valence-corrected chi connectivity index (χ2v) is 7.79. The number of carbonyl (C=O) groups excluding carboxylic acids is 1. The van der Waals surface area contributed by atoms with Crippen LogP contribution in [0, 0.1) is 0 Å². The van der Waals surface area contributed by atoms with Gasteiger partial charge < -0.3 is 19.9 Å². The van der Waals surface area contributed by atoms with Crippen molar-refractivity contribution in [1.29, 1.82) is 0 Å². The molecule has 0 saturated heterocycles. The third-order valence-electron chi connectivity index (χ3n) is 5.13. The molecule has 0 aliphatic carbocycles. The van der Waals surface area contributed by atoms with Crippen molar-refractivity contribution in [2.75, 3.05) is 13.2 Å². The molecule has 2 atom stereocenters. The highest BCUT2D eigenvalue weighted by Gasteiger charge is 2.49. The second-order valence-electron chi connectivity index (χ2n) is 7.36. The Morgan fingerprint density at radius 1 is 1.35 bits per heavy atom. The molecule has 0 spiro atoms. The van der Waals surface area contributed by atoms with E-state index in [0.29, 0.717) is 42.7 Å². The minimum absolute atomic E-state index is 0.0887. The lowest BCUT2D eigenvalue weighted by molar-refractivity contribution is -0.128. The molecular weight excluding hydrogens is 416 g/mol. The molecule has 0 radical (unpaired) electrons. The third-order valence-corrected chi connectivity index (χ3v) is 5.36. The summed E-state index contributed by atoms with van der Waals surface area (Å²) in [7, 11) is 0. The predicted octanol–water partition coefficient (Wildman–Crippen LogP) is 3.90. The van der Waals surface area contributed by atoms with Crippen molar-refractivity contribution >= 4 is 23.4 Å². The fourth-order valence-electron chi connectivity index (χ4n) is 3.39. The van der Waals surface area contributed by atoms with Crippen molar-refractivity contribution in [2.45, 2.75) is 38.0 Å². The van der Waals surface area contributed by atoms with E-state index in [4.69, 9.17) is 31.2 Å². The topological polar surface area (TPSA) is 80.2 Å². The molecule has 0 fully saturated rings. The Balaban J connectivity index is 1.76. The number of ether oxygens (including phenoxy) is 2. The van der Waals surface area contributed by atoms with Gasteiger partial charge in [0.15, 0.2) is 5.54 Å². The van der Waals surface area contributed by atoms with Crippen LogP contribution in [0.1, 0.15) is 30.9 Å². The smallest absolute Gasteiger partial charge is 0.252 e. The average Bonchev–Trinajstić information content (AvgIpc) is 3.10. The maximum absolute atomic E-state index is 13.2. The van der Waals surface area contributed by atoms with Gasteiger partial charge in [-0.2, -0.15) is 0 Å². The number of hydrogen-bond acceptors (Lipinski definition) is 5. The Labute approximate surface area is 187 Å². The normalized spacial score (nSPS) is 20.0. The summed E-state index contributed by atoms with van der Waals surface area (Å²) >= 11 is 6.03. The van der Waals surface area contributed by atoms with Crippen LogP contribution in [0.15, 0.2) is 66.2 Å². The molecule has 2 N–H and O–H groups in total. The van der Waals surface area contributed by atoms with E-state index in [1.54, 1.807) is 12.1 Å². The highest BCUT2D eigenvalue weighted by atomic mass is 35.5. The van der Waals surface area contributed by atoms with Crippen molar-refractivity contribution in [2.24, 2.45) is 4.99 Å². The largest absolute Gasteiger partial charge is 0.494 e. The van der Waals surface area contributed by atoms with Crippen LogP contribution in [0.4, 0.5) is 0 Å². The zero-order valence-corrected chi connectivity index (χ0v) is 18.3. The number of nitrogens with one attached hydrogen (secondary N) is 1. The van der Waals surface area contributed by atoms with Crippen LogP contribution in [-0.4, -0.2) is 41.8 Å². The number of nitrogens with zero attached hydrogens (tertiary/aromatic N) is 1. The number of carbonyl (C=O) groups is 1. The summed E-state index contributed by atoms with van der Waals surface area (Å²) in [5, 5.41) is 12.4. The molecular formula is C24H27ClN2O4.